The summed E-state index contributed by atoms with van der Waals surface area (Å²) in [6.45, 7) is 5.23. The van der Waals surface area contributed by atoms with Crippen LogP contribution in [0.2, 0.25) is 0 Å². The quantitative estimate of drug-likeness (QED) is 0.792. The molecule has 3 rings (SSSR count). The lowest BCUT2D eigenvalue weighted by Crippen LogP contribution is -2.40. The molecule has 1 aliphatic rings. The Hall–Kier alpha value is -2.50. The Morgan fingerprint density at radius 3 is 2.56 bits per heavy atom. The Kier molecular flexibility index (Phi) is 5.73. The second-order valence-corrected chi connectivity index (χ2v) is 7.46. The largest absolute Gasteiger partial charge is 0.351 e. The molecule has 2 atom stereocenters. The van der Waals surface area contributed by atoms with Crippen molar-refractivity contribution in [2.45, 2.75) is 59.0 Å². The zero-order chi connectivity index (χ0) is 19.6. The highest BCUT2D eigenvalue weighted by atomic mass is 19.1. The molecule has 1 aromatic carbocycles. The van der Waals surface area contributed by atoms with Crippen LogP contribution in [0.25, 0.3) is 0 Å². The Bertz CT molecular complexity index is 842. The fourth-order valence-electron chi connectivity index (χ4n) is 4.14. The molecule has 5 nitrogen and oxygen atoms in total. The molecule has 0 saturated heterocycles. The molecule has 1 aliphatic carbocycles. The molecule has 0 unspecified atom stereocenters. The number of aromatic nitrogens is 2. The predicted octanol–water partition coefficient (Wildman–Crippen LogP) is 3.37. The average Bonchev–Trinajstić information content (AvgIpc) is 3.13. The van der Waals surface area contributed by atoms with E-state index in [2.05, 4.69) is 10.4 Å². The lowest BCUT2D eigenvalue weighted by Gasteiger charge is -2.21. The van der Waals surface area contributed by atoms with E-state index in [0.717, 1.165) is 36.9 Å². The average molecular weight is 371 g/mol. The van der Waals surface area contributed by atoms with Crippen LogP contribution in [0.1, 0.15) is 53.5 Å². The smallest absolute Gasteiger partial charge is 0.241 e. The number of nitrogens with zero attached hydrogens (tertiary/aromatic N) is 2. The van der Waals surface area contributed by atoms with Gasteiger partial charge in [0.15, 0.2) is 5.78 Å². The second kappa shape index (κ2) is 8.03. The van der Waals surface area contributed by atoms with E-state index < -0.39 is 0 Å². The summed E-state index contributed by atoms with van der Waals surface area (Å²) in [5.41, 5.74) is 3.07. The Morgan fingerprint density at radius 1 is 1.22 bits per heavy atom. The van der Waals surface area contributed by atoms with Crippen LogP contribution < -0.4 is 5.32 Å². The van der Waals surface area contributed by atoms with Crippen LogP contribution in [0.15, 0.2) is 24.3 Å². The minimum Gasteiger partial charge on any atom is -0.351 e. The summed E-state index contributed by atoms with van der Waals surface area (Å²) in [5, 5.41) is 7.48. The van der Waals surface area contributed by atoms with E-state index in [1.54, 1.807) is 11.6 Å². The molecule has 1 fully saturated rings. The van der Waals surface area contributed by atoms with E-state index in [1.165, 1.54) is 19.1 Å². The number of nitrogens with one attached hydrogen (secondary N) is 1. The van der Waals surface area contributed by atoms with Crippen molar-refractivity contribution in [1.82, 2.24) is 15.1 Å². The van der Waals surface area contributed by atoms with E-state index in [4.69, 9.17) is 0 Å². The van der Waals surface area contributed by atoms with Gasteiger partial charge in [-0.15, -0.1) is 0 Å². The van der Waals surface area contributed by atoms with Crippen LogP contribution in [0.3, 0.4) is 0 Å². The number of hydrogen-bond acceptors (Lipinski definition) is 3. The number of carbonyl (C=O) groups is 2. The number of ketones is 1. The molecule has 2 aromatic rings. The highest BCUT2D eigenvalue weighted by molar-refractivity contribution is 5.96. The van der Waals surface area contributed by atoms with E-state index in [9.17, 15) is 14.0 Å². The molecule has 1 heterocycles. The summed E-state index contributed by atoms with van der Waals surface area (Å²) in [7, 11) is 0. The Balaban J connectivity index is 1.62. The fraction of sp³-hybridized carbons (Fsp3) is 0.476. The van der Waals surface area contributed by atoms with Gasteiger partial charge in [0.2, 0.25) is 5.91 Å². The van der Waals surface area contributed by atoms with Crippen LogP contribution in [0.5, 0.6) is 0 Å². The Morgan fingerprint density at radius 2 is 1.93 bits per heavy atom. The molecule has 0 bridgehead atoms. The predicted molar refractivity (Wildman–Crippen MR) is 101 cm³/mol. The standard InChI is InChI=1S/C21H26FN3O2/c1-13-21(15(3)26)14(2)25(24-13)12-20(27)23-19-6-4-5-17(19)11-16-7-9-18(22)10-8-16/h7-10,17,19H,4-6,11-12H2,1-3H3,(H,23,27)/t17-,19-/m1/s1. The van der Waals surface area contributed by atoms with Gasteiger partial charge in [-0.1, -0.05) is 18.6 Å². The molecule has 1 aromatic heterocycles. The third kappa shape index (κ3) is 4.43. The summed E-state index contributed by atoms with van der Waals surface area (Å²) in [6.07, 6.45) is 3.91. The third-order valence-corrected chi connectivity index (χ3v) is 5.44. The van der Waals surface area contributed by atoms with Gasteiger partial charge in [-0.2, -0.15) is 5.10 Å². The maximum atomic E-state index is 13.1. The number of halogens is 1. The van der Waals surface area contributed by atoms with Crippen molar-refractivity contribution in [3.8, 4) is 0 Å². The van der Waals surface area contributed by atoms with Gasteiger partial charge in [-0.25, -0.2) is 4.39 Å². The van der Waals surface area contributed by atoms with Crippen LogP contribution >= 0.6 is 0 Å². The summed E-state index contributed by atoms with van der Waals surface area (Å²) in [6, 6.07) is 6.70. The van der Waals surface area contributed by atoms with E-state index in [-0.39, 0.29) is 30.1 Å². The zero-order valence-electron chi connectivity index (χ0n) is 16.1. The zero-order valence-corrected chi connectivity index (χ0v) is 16.1. The summed E-state index contributed by atoms with van der Waals surface area (Å²) in [4.78, 5) is 24.3. The SMILES string of the molecule is CC(=O)c1c(C)nn(CC(=O)N[C@@H]2CCC[C@@H]2Cc2ccc(F)cc2)c1C. The van der Waals surface area contributed by atoms with Crippen molar-refractivity contribution in [2.24, 2.45) is 5.92 Å². The van der Waals surface area contributed by atoms with E-state index in [0.29, 0.717) is 17.2 Å². The number of amides is 1. The van der Waals surface area contributed by atoms with Crippen molar-refractivity contribution in [2.75, 3.05) is 0 Å². The lowest BCUT2D eigenvalue weighted by molar-refractivity contribution is -0.122. The van der Waals surface area contributed by atoms with Crippen molar-refractivity contribution >= 4 is 11.7 Å². The molecule has 1 N–H and O–H groups in total. The number of aryl methyl sites for hydroxylation is 1. The number of rotatable bonds is 6. The van der Waals surface area contributed by atoms with Crippen LogP contribution in [0.4, 0.5) is 4.39 Å². The van der Waals surface area contributed by atoms with Gasteiger partial charge in [0, 0.05) is 11.7 Å². The molecule has 27 heavy (non-hydrogen) atoms. The van der Waals surface area contributed by atoms with Gasteiger partial charge in [0.1, 0.15) is 12.4 Å². The van der Waals surface area contributed by atoms with E-state index in [1.807, 2.05) is 19.1 Å². The monoisotopic (exact) mass is 371 g/mol. The highest BCUT2D eigenvalue weighted by Crippen LogP contribution is 2.29. The van der Waals surface area contributed by atoms with Gasteiger partial charge in [0.05, 0.1) is 11.3 Å². The van der Waals surface area contributed by atoms with Gasteiger partial charge in [-0.05, 0) is 63.6 Å². The first-order chi connectivity index (χ1) is 12.8. The van der Waals surface area contributed by atoms with Gasteiger partial charge in [0.25, 0.3) is 0 Å². The minimum absolute atomic E-state index is 0.0354. The van der Waals surface area contributed by atoms with Gasteiger partial charge in [-0.3, -0.25) is 14.3 Å². The second-order valence-electron chi connectivity index (χ2n) is 7.46. The Labute approximate surface area is 159 Å². The van der Waals surface area contributed by atoms with Crippen molar-refractivity contribution in [1.29, 1.82) is 0 Å². The molecule has 1 saturated carbocycles. The number of Topliss-reactive ketones (excluding diaryl/α,β-unsaturated/α-hetero) is 1. The van der Waals surface area contributed by atoms with Crippen LogP contribution in [-0.2, 0) is 17.8 Å². The highest BCUT2D eigenvalue weighted by Gasteiger charge is 2.29. The van der Waals surface area contributed by atoms with E-state index >= 15 is 0 Å². The summed E-state index contributed by atoms with van der Waals surface area (Å²) < 4.78 is 14.7. The first kappa shape index (κ1) is 19.3. The van der Waals surface area contributed by atoms with Gasteiger partial charge >= 0.3 is 0 Å². The van der Waals surface area contributed by atoms with Crippen molar-refractivity contribution in [3.05, 3.63) is 52.6 Å². The molecule has 0 spiro atoms. The van der Waals surface area contributed by atoms with Crippen molar-refractivity contribution in [3.63, 3.8) is 0 Å². The summed E-state index contributed by atoms with van der Waals surface area (Å²) in [5.74, 6) is -0.00370. The first-order valence-corrected chi connectivity index (χ1v) is 9.44. The minimum atomic E-state index is -0.232. The maximum Gasteiger partial charge on any atom is 0.241 e. The van der Waals surface area contributed by atoms with Crippen molar-refractivity contribution < 1.29 is 14.0 Å². The molecule has 6 heteroatoms. The molecular weight excluding hydrogens is 345 g/mol. The van der Waals surface area contributed by atoms with Crippen LogP contribution in [0, 0.1) is 25.6 Å². The first-order valence-electron chi connectivity index (χ1n) is 9.44. The number of hydrogen-bond donors (Lipinski definition) is 1. The fourth-order valence-corrected chi connectivity index (χ4v) is 4.14. The molecule has 0 radical (unpaired) electrons. The molecular formula is C21H26FN3O2. The number of benzene rings is 1. The lowest BCUT2D eigenvalue weighted by atomic mass is 9.94. The molecule has 0 aliphatic heterocycles. The third-order valence-electron chi connectivity index (χ3n) is 5.44. The normalized spacial score (nSPS) is 19.3. The topological polar surface area (TPSA) is 64.0 Å². The molecule has 144 valence electrons. The number of carbonyl (C=O) groups excluding carboxylic acids is 2. The molecule has 1 amide bonds. The van der Waals surface area contributed by atoms with Crippen LogP contribution in [-0.4, -0.2) is 27.5 Å². The maximum absolute atomic E-state index is 13.1. The van der Waals surface area contributed by atoms with Gasteiger partial charge < -0.3 is 5.32 Å². The summed E-state index contributed by atoms with van der Waals surface area (Å²) >= 11 is 0.